The number of sulfone groups is 1. The molecule has 0 saturated carbocycles. The van der Waals surface area contributed by atoms with Crippen LogP contribution in [0.3, 0.4) is 0 Å². The molecule has 12 heteroatoms. The summed E-state index contributed by atoms with van der Waals surface area (Å²) in [6, 6.07) is 11.0. The quantitative estimate of drug-likeness (QED) is 0.233. The van der Waals surface area contributed by atoms with E-state index in [-0.39, 0.29) is 34.5 Å². The Morgan fingerprint density at radius 2 is 1.69 bits per heavy atom. The van der Waals surface area contributed by atoms with Crippen LogP contribution in [-0.2, 0) is 30.8 Å². The number of hydrogen-bond donors (Lipinski definition) is 0. The van der Waals surface area contributed by atoms with Gasteiger partial charge in [-0.15, -0.1) is 5.11 Å². The number of benzene rings is 2. The van der Waals surface area contributed by atoms with Gasteiger partial charge in [0.25, 0.3) is 0 Å². The number of azo groups is 1. The van der Waals surface area contributed by atoms with Crippen molar-refractivity contribution in [2.75, 3.05) is 12.4 Å². The molecule has 152 valence electrons. The molecule has 2 rings (SSSR count). The summed E-state index contributed by atoms with van der Waals surface area (Å²) in [4.78, 5) is -0.0553. The minimum atomic E-state index is -4.93. The van der Waals surface area contributed by atoms with Gasteiger partial charge in [0.05, 0.1) is 28.0 Å². The Labute approximate surface area is 197 Å². The summed E-state index contributed by atoms with van der Waals surface area (Å²) in [5, 5.41) is 8.57. The van der Waals surface area contributed by atoms with Crippen molar-refractivity contribution >= 4 is 43.2 Å². The average Bonchev–Trinajstić information content (AvgIpc) is 2.60. The first kappa shape index (κ1) is 26.2. The van der Waals surface area contributed by atoms with Crippen LogP contribution in [0.15, 0.2) is 57.6 Å². The Balaban J connectivity index is 0.00000420. The second-order valence-electron chi connectivity index (χ2n) is 5.78. The van der Waals surface area contributed by atoms with Gasteiger partial charge < -0.3 is 4.55 Å². The van der Waals surface area contributed by atoms with E-state index in [4.69, 9.17) is 11.6 Å². The summed E-state index contributed by atoms with van der Waals surface area (Å²) in [6.07, 6.45) is 1.92. The molecular formula is C17H18ClN2NaO6S2. The van der Waals surface area contributed by atoms with Gasteiger partial charge in [-0.3, -0.25) is 4.18 Å². The Hall–Kier alpha value is -0.850. The number of aryl methyl sites for hydroxylation is 1. The maximum Gasteiger partial charge on any atom is 1.00 e. The SMILES string of the molecule is CCCc1ccc(N=Nc2ccc(S(=O)(=O)CCOS(=O)(=O)[O-])cc2)c(Cl)c1.[Na+]. The van der Waals surface area contributed by atoms with E-state index in [1.54, 1.807) is 6.07 Å². The smallest absolute Gasteiger partial charge is 0.726 e. The zero-order chi connectivity index (χ0) is 20.8. The Morgan fingerprint density at radius 1 is 1.03 bits per heavy atom. The third kappa shape index (κ3) is 8.81. The maximum absolute atomic E-state index is 12.1. The standard InChI is InChI=1S/C17H19ClN2O6S2.Na/c1-2-3-13-4-9-17(16(18)12-13)20-19-14-5-7-15(8-6-14)27(21,22)11-10-26-28(23,24)25;/h4-9,12H,2-3,10-11H2,1H3,(H,23,24,25);/q;+1/p-1. The van der Waals surface area contributed by atoms with Crippen LogP contribution in [0.5, 0.6) is 0 Å². The van der Waals surface area contributed by atoms with Crippen molar-refractivity contribution in [3.05, 3.63) is 53.1 Å². The largest absolute Gasteiger partial charge is 1.00 e. The van der Waals surface area contributed by atoms with Crippen LogP contribution < -0.4 is 29.6 Å². The van der Waals surface area contributed by atoms with Crippen molar-refractivity contribution in [3.8, 4) is 0 Å². The molecule has 0 atom stereocenters. The van der Waals surface area contributed by atoms with Crippen LogP contribution in [0.4, 0.5) is 11.4 Å². The molecule has 2 aromatic carbocycles. The Kier molecular flexibility index (Phi) is 10.4. The zero-order valence-electron chi connectivity index (χ0n) is 15.9. The molecule has 0 amide bonds. The Morgan fingerprint density at radius 3 is 2.24 bits per heavy atom. The van der Waals surface area contributed by atoms with Crippen LogP contribution in [0.25, 0.3) is 0 Å². The molecule has 0 aromatic heterocycles. The molecule has 0 fully saturated rings. The Bertz CT molecular complexity index is 1060. The normalized spacial score (nSPS) is 12.1. The first-order valence-electron chi connectivity index (χ1n) is 8.24. The summed E-state index contributed by atoms with van der Waals surface area (Å²) in [7, 11) is -8.74. The van der Waals surface area contributed by atoms with E-state index < -0.39 is 32.6 Å². The average molecular weight is 469 g/mol. The third-order valence-electron chi connectivity index (χ3n) is 3.60. The van der Waals surface area contributed by atoms with E-state index in [0.717, 1.165) is 18.4 Å². The molecular weight excluding hydrogens is 451 g/mol. The molecule has 0 aliphatic rings. The van der Waals surface area contributed by atoms with Crippen molar-refractivity contribution in [1.82, 2.24) is 0 Å². The third-order valence-corrected chi connectivity index (χ3v) is 6.05. The molecule has 29 heavy (non-hydrogen) atoms. The van der Waals surface area contributed by atoms with Crippen LogP contribution in [0, 0.1) is 0 Å². The molecule has 0 aliphatic heterocycles. The zero-order valence-corrected chi connectivity index (χ0v) is 20.3. The topological polar surface area (TPSA) is 125 Å². The predicted octanol–water partition coefficient (Wildman–Crippen LogP) is 0.962. The molecule has 0 radical (unpaired) electrons. The van der Waals surface area contributed by atoms with Crippen molar-refractivity contribution in [2.24, 2.45) is 10.2 Å². The fraction of sp³-hybridized carbons (Fsp3) is 0.294. The molecule has 0 unspecified atom stereocenters. The summed E-state index contributed by atoms with van der Waals surface area (Å²) >= 11 is 6.19. The molecule has 0 spiro atoms. The molecule has 0 saturated heterocycles. The van der Waals surface area contributed by atoms with Gasteiger partial charge in [-0.25, -0.2) is 16.8 Å². The number of hydrogen-bond acceptors (Lipinski definition) is 8. The molecule has 0 bridgehead atoms. The van der Waals surface area contributed by atoms with Gasteiger partial charge >= 0.3 is 29.6 Å². The van der Waals surface area contributed by atoms with Crippen LogP contribution in [0.2, 0.25) is 5.02 Å². The van der Waals surface area contributed by atoms with Gasteiger partial charge in [0, 0.05) is 0 Å². The van der Waals surface area contributed by atoms with Crippen LogP contribution in [0.1, 0.15) is 18.9 Å². The van der Waals surface area contributed by atoms with Gasteiger partial charge in [-0.2, -0.15) is 5.11 Å². The maximum atomic E-state index is 12.1. The molecule has 2 aromatic rings. The van der Waals surface area contributed by atoms with E-state index in [0.29, 0.717) is 16.4 Å². The molecule has 0 aliphatic carbocycles. The molecule has 0 N–H and O–H groups in total. The van der Waals surface area contributed by atoms with Crippen molar-refractivity contribution in [1.29, 1.82) is 0 Å². The second kappa shape index (κ2) is 11.5. The predicted molar refractivity (Wildman–Crippen MR) is 104 cm³/mol. The van der Waals surface area contributed by atoms with Crippen LogP contribution >= 0.6 is 11.6 Å². The van der Waals surface area contributed by atoms with Gasteiger partial charge in [-0.05, 0) is 48.4 Å². The van der Waals surface area contributed by atoms with Crippen molar-refractivity contribution in [3.63, 3.8) is 0 Å². The molecule has 0 heterocycles. The summed E-state index contributed by atoms with van der Waals surface area (Å²) < 4.78 is 59.2. The van der Waals surface area contributed by atoms with E-state index in [9.17, 15) is 21.4 Å². The first-order valence-corrected chi connectivity index (χ1v) is 11.6. The number of halogens is 1. The van der Waals surface area contributed by atoms with E-state index in [1.807, 2.05) is 12.1 Å². The fourth-order valence-corrected chi connectivity index (χ4v) is 3.99. The first-order chi connectivity index (χ1) is 13.1. The van der Waals surface area contributed by atoms with Gasteiger partial charge in [0.1, 0.15) is 5.69 Å². The van der Waals surface area contributed by atoms with E-state index in [1.165, 1.54) is 24.3 Å². The van der Waals surface area contributed by atoms with Gasteiger partial charge in [0.2, 0.25) is 10.4 Å². The molecule has 8 nitrogen and oxygen atoms in total. The van der Waals surface area contributed by atoms with Crippen molar-refractivity contribution in [2.45, 2.75) is 24.7 Å². The van der Waals surface area contributed by atoms with Gasteiger partial charge in [-0.1, -0.05) is 31.0 Å². The van der Waals surface area contributed by atoms with Crippen molar-refractivity contribution < 1.29 is 55.1 Å². The minimum Gasteiger partial charge on any atom is -0.726 e. The van der Waals surface area contributed by atoms with E-state index >= 15 is 0 Å². The van der Waals surface area contributed by atoms with E-state index in [2.05, 4.69) is 21.3 Å². The number of rotatable bonds is 9. The van der Waals surface area contributed by atoms with Crippen LogP contribution in [-0.4, -0.2) is 33.7 Å². The monoisotopic (exact) mass is 468 g/mol. The van der Waals surface area contributed by atoms with Gasteiger partial charge in [0.15, 0.2) is 9.84 Å². The number of nitrogens with zero attached hydrogens (tertiary/aromatic N) is 2. The summed E-state index contributed by atoms with van der Waals surface area (Å²) in [6.45, 7) is 1.33. The summed E-state index contributed by atoms with van der Waals surface area (Å²) in [5.41, 5.74) is 2.01. The summed E-state index contributed by atoms with van der Waals surface area (Å²) in [5.74, 6) is -0.644. The second-order valence-corrected chi connectivity index (χ2v) is 9.35. The minimum absolute atomic E-state index is 0. The fourth-order valence-electron chi connectivity index (χ4n) is 2.27.